The summed E-state index contributed by atoms with van der Waals surface area (Å²) < 4.78 is 25.8. The van der Waals surface area contributed by atoms with Crippen LogP contribution in [0.4, 0.5) is 8.78 Å². The number of rotatable bonds is 6. The maximum atomic E-state index is 13.2. The predicted octanol–water partition coefficient (Wildman–Crippen LogP) is 2.72. The van der Waals surface area contributed by atoms with Crippen molar-refractivity contribution in [2.45, 2.75) is 25.7 Å². The highest BCUT2D eigenvalue weighted by molar-refractivity contribution is 5.73. The van der Waals surface area contributed by atoms with E-state index in [1.54, 1.807) is 0 Å². The molecule has 0 aliphatic carbocycles. The summed E-state index contributed by atoms with van der Waals surface area (Å²) in [7, 11) is 0. The highest BCUT2D eigenvalue weighted by atomic mass is 19.1. The topological polar surface area (TPSA) is 43.1 Å². The number of halogens is 2. The van der Waals surface area contributed by atoms with Crippen molar-refractivity contribution in [3.8, 4) is 0 Å². The molecule has 17 heavy (non-hydrogen) atoms. The first-order valence-electron chi connectivity index (χ1n) is 5.47. The van der Waals surface area contributed by atoms with Crippen molar-refractivity contribution in [1.29, 1.82) is 0 Å². The van der Waals surface area contributed by atoms with Gasteiger partial charge in [0.15, 0.2) is 0 Å². The number of primary amides is 1. The minimum atomic E-state index is -0.566. The van der Waals surface area contributed by atoms with Crippen LogP contribution in [0, 0.1) is 11.6 Å². The number of aryl methyl sites for hydroxylation is 1. The Hall–Kier alpha value is -1.71. The number of hydrogen-bond acceptors (Lipinski definition) is 1. The molecule has 0 saturated heterocycles. The summed E-state index contributed by atoms with van der Waals surface area (Å²) in [6.07, 6.45) is 5.79. The minimum absolute atomic E-state index is 0.321. The van der Waals surface area contributed by atoms with E-state index in [1.165, 1.54) is 12.1 Å². The zero-order chi connectivity index (χ0) is 12.7. The number of allylic oxidation sites excluding steroid dienone is 2. The zero-order valence-electron chi connectivity index (χ0n) is 9.46. The molecule has 92 valence electrons. The van der Waals surface area contributed by atoms with Gasteiger partial charge in [-0.15, -0.1) is 0 Å². The lowest BCUT2D eigenvalue weighted by molar-refractivity contribution is -0.117. The van der Waals surface area contributed by atoms with Crippen LogP contribution in [0.3, 0.4) is 0 Å². The van der Waals surface area contributed by atoms with E-state index in [0.29, 0.717) is 31.2 Å². The molecule has 1 rings (SSSR count). The van der Waals surface area contributed by atoms with Crippen molar-refractivity contribution in [2.24, 2.45) is 5.73 Å². The Morgan fingerprint density at radius 1 is 1.24 bits per heavy atom. The summed E-state index contributed by atoms with van der Waals surface area (Å²) in [6.45, 7) is 0. The number of hydrogen-bond donors (Lipinski definition) is 1. The summed E-state index contributed by atoms with van der Waals surface area (Å²) in [4.78, 5) is 10.4. The highest BCUT2D eigenvalue weighted by Crippen LogP contribution is 2.11. The molecule has 0 unspecified atom stereocenters. The van der Waals surface area contributed by atoms with E-state index in [4.69, 9.17) is 5.73 Å². The second kappa shape index (κ2) is 6.78. The number of benzene rings is 1. The molecule has 0 aliphatic heterocycles. The Kier molecular flexibility index (Phi) is 5.33. The first kappa shape index (κ1) is 13.4. The smallest absolute Gasteiger partial charge is 0.217 e. The Bertz CT molecular complexity index is 416. The Morgan fingerprint density at radius 2 is 1.94 bits per heavy atom. The number of nitrogens with two attached hydrogens (primary N) is 1. The van der Waals surface area contributed by atoms with Gasteiger partial charge in [0.1, 0.15) is 11.6 Å². The van der Waals surface area contributed by atoms with Crippen molar-refractivity contribution in [3.05, 3.63) is 47.5 Å². The quantitative estimate of drug-likeness (QED) is 0.762. The third-order valence-electron chi connectivity index (χ3n) is 2.32. The number of carbonyl (C=O) groups is 1. The van der Waals surface area contributed by atoms with E-state index < -0.39 is 11.6 Å². The molecule has 1 amide bonds. The molecule has 0 atom stereocenters. The van der Waals surface area contributed by atoms with Crippen molar-refractivity contribution < 1.29 is 13.6 Å². The van der Waals surface area contributed by atoms with Crippen LogP contribution in [-0.4, -0.2) is 5.91 Å². The molecular weight excluding hydrogens is 224 g/mol. The van der Waals surface area contributed by atoms with Crippen LogP contribution in [-0.2, 0) is 11.2 Å². The van der Waals surface area contributed by atoms with Crippen molar-refractivity contribution in [3.63, 3.8) is 0 Å². The lowest BCUT2D eigenvalue weighted by atomic mass is 10.1. The van der Waals surface area contributed by atoms with E-state index in [0.717, 1.165) is 6.07 Å². The molecule has 0 aliphatic rings. The van der Waals surface area contributed by atoms with E-state index in [-0.39, 0.29) is 5.91 Å². The second-order valence-corrected chi connectivity index (χ2v) is 3.75. The third-order valence-corrected chi connectivity index (χ3v) is 2.32. The number of amides is 1. The van der Waals surface area contributed by atoms with Gasteiger partial charge in [-0.1, -0.05) is 18.2 Å². The average molecular weight is 239 g/mol. The van der Waals surface area contributed by atoms with Crippen LogP contribution in [0.2, 0.25) is 0 Å². The Balaban J connectivity index is 2.33. The molecule has 0 fully saturated rings. The molecule has 0 spiro atoms. The lowest BCUT2D eigenvalue weighted by Gasteiger charge is -2.00. The fourth-order valence-electron chi connectivity index (χ4n) is 1.42. The summed E-state index contributed by atoms with van der Waals surface area (Å²) in [6, 6.07) is 3.57. The molecule has 0 radical (unpaired) electrons. The van der Waals surface area contributed by atoms with Gasteiger partial charge in [-0.2, -0.15) is 0 Å². The Labute approximate surface area is 99.1 Å². The molecule has 2 N–H and O–H groups in total. The van der Waals surface area contributed by atoms with Gasteiger partial charge in [0.2, 0.25) is 5.91 Å². The van der Waals surface area contributed by atoms with Crippen LogP contribution in [0.5, 0.6) is 0 Å². The van der Waals surface area contributed by atoms with Crippen molar-refractivity contribution >= 4 is 5.91 Å². The molecule has 2 nitrogen and oxygen atoms in total. The highest BCUT2D eigenvalue weighted by Gasteiger charge is 2.01. The van der Waals surface area contributed by atoms with Crippen molar-refractivity contribution in [1.82, 2.24) is 0 Å². The fourth-order valence-corrected chi connectivity index (χ4v) is 1.42. The SMILES string of the molecule is NC(=O)CC/C=C/CCc1ccc(F)cc1F. The van der Waals surface area contributed by atoms with E-state index in [2.05, 4.69) is 0 Å². The summed E-state index contributed by atoms with van der Waals surface area (Å²) in [5.41, 5.74) is 5.47. The summed E-state index contributed by atoms with van der Waals surface area (Å²) in [5, 5.41) is 0. The molecule has 1 aromatic carbocycles. The van der Waals surface area contributed by atoms with Crippen LogP contribution >= 0.6 is 0 Å². The van der Waals surface area contributed by atoms with Gasteiger partial charge in [-0.05, 0) is 30.9 Å². The van der Waals surface area contributed by atoms with Gasteiger partial charge < -0.3 is 5.73 Å². The summed E-state index contributed by atoms with van der Waals surface area (Å²) >= 11 is 0. The maximum Gasteiger partial charge on any atom is 0.217 e. The van der Waals surface area contributed by atoms with Gasteiger partial charge in [0.05, 0.1) is 0 Å². The first-order valence-corrected chi connectivity index (χ1v) is 5.47. The summed E-state index contributed by atoms with van der Waals surface area (Å²) in [5.74, 6) is -1.42. The van der Waals surface area contributed by atoms with Gasteiger partial charge >= 0.3 is 0 Å². The molecule has 0 heterocycles. The largest absolute Gasteiger partial charge is 0.370 e. The van der Waals surface area contributed by atoms with Gasteiger partial charge in [0, 0.05) is 12.5 Å². The fraction of sp³-hybridized carbons (Fsp3) is 0.308. The van der Waals surface area contributed by atoms with Crippen LogP contribution in [0.15, 0.2) is 30.4 Å². The second-order valence-electron chi connectivity index (χ2n) is 3.75. The minimum Gasteiger partial charge on any atom is -0.370 e. The third kappa shape index (κ3) is 5.24. The predicted molar refractivity (Wildman–Crippen MR) is 62.2 cm³/mol. The van der Waals surface area contributed by atoms with Gasteiger partial charge in [-0.3, -0.25) is 4.79 Å². The van der Waals surface area contributed by atoms with Crippen molar-refractivity contribution in [2.75, 3.05) is 0 Å². The standard InChI is InChI=1S/C13H15F2NO/c14-11-8-7-10(12(15)9-11)5-3-1-2-4-6-13(16)17/h1-2,7-9H,3-6H2,(H2,16,17)/b2-1+. The monoisotopic (exact) mass is 239 g/mol. The van der Waals surface area contributed by atoms with E-state index in [1.807, 2.05) is 12.2 Å². The number of carbonyl (C=O) groups excluding carboxylic acids is 1. The van der Waals surface area contributed by atoms with Crippen LogP contribution in [0.25, 0.3) is 0 Å². The maximum absolute atomic E-state index is 13.2. The molecule has 0 aromatic heterocycles. The molecule has 0 saturated carbocycles. The van der Waals surface area contributed by atoms with Gasteiger partial charge in [0.25, 0.3) is 0 Å². The zero-order valence-corrected chi connectivity index (χ0v) is 9.46. The van der Waals surface area contributed by atoms with Gasteiger partial charge in [-0.25, -0.2) is 8.78 Å². The Morgan fingerprint density at radius 3 is 2.59 bits per heavy atom. The molecular formula is C13H15F2NO. The first-order chi connectivity index (χ1) is 8.09. The molecule has 1 aromatic rings. The van der Waals surface area contributed by atoms with E-state index in [9.17, 15) is 13.6 Å². The molecule has 4 heteroatoms. The average Bonchev–Trinajstić information content (AvgIpc) is 2.25. The van der Waals surface area contributed by atoms with E-state index >= 15 is 0 Å². The van der Waals surface area contributed by atoms with Crippen LogP contribution < -0.4 is 5.73 Å². The van der Waals surface area contributed by atoms with Crippen LogP contribution in [0.1, 0.15) is 24.8 Å². The lowest BCUT2D eigenvalue weighted by Crippen LogP contribution is -2.08. The molecule has 0 bridgehead atoms. The normalized spacial score (nSPS) is 10.9.